The van der Waals surface area contributed by atoms with Crippen LogP contribution in [0.25, 0.3) is 0 Å². The van der Waals surface area contributed by atoms with Crippen molar-refractivity contribution in [2.24, 2.45) is 0 Å². The summed E-state index contributed by atoms with van der Waals surface area (Å²) >= 11 is 0. The smallest absolute Gasteiger partial charge is 0.387 e. The lowest BCUT2D eigenvalue weighted by molar-refractivity contribution is -0.0501. The third-order valence-corrected chi connectivity index (χ3v) is 3.87. The number of hydrogen-bond acceptors (Lipinski definition) is 5. The Morgan fingerprint density at radius 1 is 1.33 bits per heavy atom. The van der Waals surface area contributed by atoms with E-state index in [0.29, 0.717) is 19.7 Å². The molecule has 3 rings (SSSR count). The van der Waals surface area contributed by atoms with Crippen LogP contribution in [0.15, 0.2) is 30.5 Å². The van der Waals surface area contributed by atoms with Gasteiger partial charge in [-0.3, -0.25) is 4.98 Å². The van der Waals surface area contributed by atoms with Crippen molar-refractivity contribution in [2.45, 2.75) is 26.6 Å². The molecule has 0 unspecified atom stereocenters. The topological polar surface area (TPSA) is 47.5 Å². The van der Waals surface area contributed by atoms with E-state index in [0.717, 1.165) is 22.8 Å². The molecule has 1 aliphatic heterocycles. The van der Waals surface area contributed by atoms with Gasteiger partial charge in [-0.15, -0.1) is 0 Å². The molecule has 1 aromatic carbocycles. The summed E-state index contributed by atoms with van der Waals surface area (Å²) in [5, 5.41) is 0. The zero-order valence-electron chi connectivity index (χ0n) is 13.6. The molecule has 0 aliphatic carbocycles. The zero-order chi connectivity index (χ0) is 17.1. The van der Waals surface area contributed by atoms with Crippen molar-refractivity contribution in [1.29, 1.82) is 0 Å². The molecule has 1 aliphatic rings. The second kappa shape index (κ2) is 7.09. The summed E-state index contributed by atoms with van der Waals surface area (Å²) in [6.07, 6.45) is 1.50. The van der Waals surface area contributed by atoms with Gasteiger partial charge in [0.15, 0.2) is 5.82 Å². The van der Waals surface area contributed by atoms with Crippen molar-refractivity contribution in [3.05, 3.63) is 47.4 Å². The molecule has 0 radical (unpaired) electrons. The second-order valence-electron chi connectivity index (χ2n) is 5.68. The summed E-state index contributed by atoms with van der Waals surface area (Å²) < 4.78 is 35.0. The third kappa shape index (κ3) is 3.79. The summed E-state index contributed by atoms with van der Waals surface area (Å²) in [5.74, 6) is 0.970. The van der Waals surface area contributed by atoms with Gasteiger partial charge in [0.05, 0.1) is 18.0 Å². The molecule has 1 fully saturated rings. The fourth-order valence-corrected chi connectivity index (χ4v) is 2.76. The SMILES string of the molecule is Cc1cnc(C)c(N2CCO[C@@H](c3cccc(OC(F)F)c3)C2)n1. The van der Waals surface area contributed by atoms with E-state index in [1.54, 1.807) is 18.3 Å². The number of benzene rings is 1. The number of anilines is 1. The zero-order valence-corrected chi connectivity index (χ0v) is 13.6. The molecule has 2 heterocycles. The van der Waals surface area contributed by atoms with Crippen molar-refractivity contribution < 1.29 is 18.3 Å². The van der Waals surface area contributed by atoms with E-state index in [4.69, 9.17) is 4.74 Å². The average molecular weight is 335 g/mol. The van der Waals surface area contributed by atoms with Gasteiger partial charge in [-0.2, -0.15) is 8.78 Å². The molecule has 1 aromatic heterocycles. The summed E-state index contributed by atoms with van der Waals surface area (Å²) in [6.45, 7) is 2.80. The third-order valence-electron chi connectivity index (χ3n) is 3.87. The van der Waals surface area contributed by atoms with Crippen molar-refractivity contribution in [3.8, 4) is 5.75 Å². The van der Waals surface area contributed by atoms with Crippen LogP contribution in [0, 0.1) is 13.8 Å². The maximum atomic E-state index is 12.4. The van der Waals surface area contributed by atoms with Crippen LogP contribution in [0.3, 0.4) is 0 Å². The minimum atomic E-state index is -2.84. The Morgan fingerprint density at radius 3 is 2.96 bits per heavy atom. The normalized spacial score (nSPS) is 18.0. The first-order valence-electron chi connectivity index (χ1n) is 7.74. The van der Waals surface area contributed by atoms with E-state index < -0.39 is 6.61 Å². The number of morpholine rings is 1. The minimum absolute atomic E-state index is 0.134. The highest BCUT2D eigenvalue weighted by Crippen LogP contribution is 2.28. The number of hydrogen-bond donors (Lipinski definition) is 0. The highest BCUT2D eigenvalue weighted by molar-refractivity contribution is 5.44. The van der Waals surface area contributed by atoms with E-state index in [1.807, 2.05) is 19.9 Å². The van der Waals surface area contributed by atoms with Gasteiger partial charge in [0.25, 0.3) is 0 Å². The predicted octanol–water partition coefficient (Wildman–Crippen LogP) is 3.27. The first kappa shape index (κ1) is 16.6. The van der Waals surface area contributed by atoms with Gasteiger partial charge in [0, 0.05) is 19.3 Å². The van der Waals surface area contributed by atoms with E-state index in [2.05, 4.69) is 19.6 Å². The molecule has 128 valence electrons. The molecule has 7 heteroatoms. The number of aromatic nitrogens is 2. The number of rotatable bonds is 4. The molecule has 5 nitrogen and oxygen atoms in total. The van der Waals surface area contributed by atoms with Gasteiger partial charge in [-0.05, 0) is 31.5 Å². The van der Waals surface area contributed by atoms with Crippen LogP contribution in [0.5, 0.6) is 5.75 Å². The molecule has 0 N–H and O–H groups in total. The molecule has 0 amide bonds. The van der Waals surface area contributed by atoms with Crippen LogP contribution in [-0.2, 0) is 4.74 Å². The summed E-state index contributed by atoms with van der Waals surface area (Å²) in [4.78, 5) is 11.0. The van der Waals surface area contributed by atoms with Gasteiger partial charge in [0.1, 0.15) is 11.9 Å². The standard InChI is InChI=1S/C17H19F2N3O2/c1-11-9-20-12(2)16(21-11)22-6-7-23-15(10-22)13-4-3-5-14(8-13)24-17(18)19/h3-5,8-9,15,17H,6-7,10H2,1-2H3/t15-/m1/s1. The average Bonchev–Trinajstić information content (AvgIpc) is 2.57. The molecule has 2 aromatic rings. The van der Waals surface area contributed by atoms with Gasteiger partial charge in [-0.1, -0.05) is 12.1 Å². The van der Waals surface area contributed by atoms with Crippen molar-refractivity contribution in [3.63, 3.8) is 0 Å². The highest BCUT2D eigenvalue weighted by Gasteiger charge is 2.25. The van der Waals surface area contributed by atoms with E-state index in [-0.39, 0.29) is 11.9 Å². The number of nitrogens with zero attached hydrogens (tertiary/aromatic N) is 3. The molecule has 0 bridgehead atoms. The van der Waals surface area contributed by atoms with E-state index >= 15 is 0 Å². The van der Waals surface area contributed by atoms with Crippen LogP contribution in [0.4, 0.5) is 14.6 Å². The Labute approximate surface area is 139 Å². The largest absolute Gasteiger partial charge is 0.435 e. The Kier molecular flexibility index (Phi) is 4.89. The molecule has 1 saturated heterocycles. The fraction of sp³-hybridized carbons (Fsp3) is 0.412. The Morgan fingerprint density at radius 2 is 2.17 bits per heavy atom. The van der Waals surface area contributed by atoms with E-state index in [1.165, 1.54) is 6.07 Å². The summed E-state index contributed by atoms with van der Waals surface area (Å²) in [6, 6.07) is 6.63. The lowest BCUT2D eigenvalue weighted by atomic mass is 10.1. The summed E-state index contributed by atoms with van der Waals surface area (Å²) in [5.41, 5.74) is 2.51. The maximum absolute atomic E-state index is 12.4. The van der Waals surface area contributed by atoms with Gasteiger partial charge >= 0.3 is 6.61 Å². The minimum Gasteiger partial charge on any atom is -0.435 e. The van der Waals surface area contributed by atoms with Crippen LogP contribution in [0.2, 0.25) is 0 Å². The Balaban J connectivity index is 1.79. The molecular formula is C17H19F2N3O2. The van der Waals surface area contributed by atoms with Crippen molar-refractivity contribution >= 4 is 5.82 Å². The van der Waals surface area contributed by atoms with E-state index in [9.17, 15) is 8.78 Å². The van der Waals surface area contributed by atoms with Gasteiger partial charge in [0.2, 0.25) is 0 Å². The Bertz CT molecular complexity index is 712. The van der Waals surface area contributed by atoms with Gasteiger partial charge in [-0.25, -0.2) is 4.98 Å². The van der Waals surface area contributed by atoms with Crippen LogP contribution < -0.4 is 9.64 Å². The second-order valence-corrected chi connectivity index (χ2v) is 5.68. The quantitative estimate of drug-likeness (QED) is 0.858. The summed E-state index contributed by atoms with van der Waals surface area (Å²) in [7, 11) is 0. The highest BCUT2D eigenvalue weighted by atomic mass is 19.3. The first-order valence-corrected chi connectivity index (χ1v) is 7.74. The molecule has 1 atom stereocenters. The molecule has 24 heavy (non-hydrogen) atoms. The monoisotopic (exact) mass is 335 g/mol. The molecule has 0 spiro atoms. The van der Waals surface area contributed by atoms with Crippen LogP contribution >= 0.6 is 0 Å². The fourth-order valence-electron chi connectivity index (χ4n) is 2.76. The maximum Gasteiger partial charge on any atom is 0.387 e. The van der Waals surface area contributed by atoms with Crippen molar-refractivity contribution in [2.75, 3.05) is 24.6 Å². The number of ether oxygens (including phenoxy) is 2. The number of aryl methyl sites for hydroxylation is 2. The van der Waals surface area contributed by atoms with Crippen molar-refractivity contribution in [1.82, 2.24) is 9.97 Å². The van der Waals surface area contributed by atoms with Gasteiger partial charge < -0.3 is 14.4 Å². The van der Waals surface area contributed by atoms with Crippen LogP contribution in [0.1, 0.15) is 23.1 Å². The van der Waals surface area contributed by atoms with Crippen LogP contribution in [-0.4, -0.2) is 36.3 Å². The first-order chi connectivity index (χ1) is 11.5. The molecule has 0 saturated carbocycles. The lowest BCUT2D eigenvalue weighted by Gasteiger charge is -2.34. The Hall–Kier alpha value is -2.28. The predicted molar refractivity (Wildman–Crippen MR) is 85.5 cm³/mol. The number of alkyl halides is 2. The molecular weight excluding hydrogens is 316 g/mol. The number of halogens is 2. The lowest BCUT2D eigenvalue weighted by Crippen LogP contribution is -2.39.